The standard InChI is InChI=1S/C21H24N6O2/c1-13-9-14(2)26(24-13)12-19(28)27-17-3-4-18(27)11-16(10-17)21-23-20(25-29-21)15-5-7-22-8-6-15/h5-9,16-18H,3-4,10-12H2,1-2H3/t16?,17-,18+. The smallest absolute Gasteiger partial charge is 0.244 e. The predicted molar refractivity (Wildman–Crippen MR) is 105 cm³/mol. The summed E-state index contributed by atoms with van der Waals surface area (Å²) < 4.78 is 7.40. The van der Waals surface area contributed by atoms with Crippen LogP contribution in [0.1, 0.15) is 48.9 Å². The molecule has 5 rings (SSSR count). The first-order chi connectivity index (χ1) is 14.1. The number of fused-ring (bicyclic) bond motifs is 2. The molecule has 2 fully saturated rings. The largest absolute Gasteiger partial charge is 0.339 e. The van der Waals surface area contributed by atoms with Crippen LogP contribution >= 0.6 is 0 Å². The minimum absolute atomic E-state index is 0.158. The molecule has 1 amide bonds. The fourth-order valence-corrected chi connectivity index (χ4v) is 4.85. The van der Waals surface area contributed by atoms with Crippen molar-refractivity contribution in [2.75, 3.05) is 0 Å². The zero-order chi connectivity index (χ0) is 20.0. The number of hydrogen-bond acceptors (Lipinski definition) is 6. The third kappa shape index (κ3) is 3.32. The lowest BCUT2D eigenvalue weighted by atomic mass is 9.90. The Morgan fingerprint density at radius 2 is 1.90 bits per heavy atom. The van der Waals surface area contributed by atoms with E-state index in [2.05, 4.69) is 25.1 Å². The molecular weight excluding hydrogens is 368 g/mol. The van der Waals surface area contributed by atoms with Crippen LogP contribution in [-0.4, -0.2) is 47.8 Å². The highest BCUT2D eigenvalue weighted by Gasteiger charge is 2.45. The molecule has 0 spiro atoms. The van der Waals surface area contributed by atoms with E-state index < -0.39 is 0 Å². The Morgan fingerprint density at radius 1 is 1.17 bits per heavy atom. The minimum Gasteiger partial charge on any atom is -0.339 e. The van der Waals surface area contributed by atoms with Crippen molar-refractivity contribution < 1.29 is 9.32 Å². The molecule has 150 valence electrons. The maximum Gasteiger partial charge on any atom is 0.244 e. The zero-order valence-corrected chi connectivity index (χ0v) is 16.7. The summed E-state index contributed by atoms with van der Waals surface area (Å²) in [5.74, 6) is 1.63. The topological polar surface area (TPSA) is 89.9 Å². The molecule has 8 nitrogen and oxygen atoms in total. The van der Waals surface area contributed by atoms with E-state index in [1.54, 1.807) is 12.4 Å². The van der Waals surface area contributed by atoms with Gasteiger partial charge in [0.1, 0.15) is 6.54 Å². The van der Waals surface area contributed by atoms with Gasteiger partial charge in [-0.25, -0.2) is 0 Å². The van der Waals surface area contributed by atoms with Crippen molar-refractivity contribution in [1.82, 2.24) is 29.8 Å². The Balaban J connectivity index is 1.30. The molecule has 0 saturated carbocycles. The highest BCUT2D eigenvalue weighted by molar-refractivity contribution is 5.77. The Bertz CT molecular complexity index is 1010. The molecule has 2 bridgehead atoms. The number of carbonyl (C=O) groups excluding carboxylic acids is 1. The molecule has 0 radical (unpaired) electrons. The molecule has 3 aromatic rings. The van der Waals surface area contributed by atoms with Crippen molar-refractivity contribution in [3.63, 3.8) is 0 Å². The van der Waals surface area contributed by atoms with Gasteiger partial charge in [-0.3, -0.25) is 14.5 Å². The van der Waals surface area contributed by atoms with Gasteiger partial charge in [0.15, 0.2) is 0 Å². The molecular formula is C21H24N6O2. The van der Waals surface area contributed by atoms with Gasteiger partial charge in [-0.1, -0.05) is 5.16 Å². The van der Waals surface area contributed by atoms with E-state index in [1.165, 1.54) is 0 Å². The van der Waals surface area contributed by atoms with Crippen LogP contribution < -0.4 is 0 Å². The third-order valence-corrected chi connectivity index (χ3v) is 6.14. The van der Waals surface area contributed by atoms with Gasteiger partial charge in [0.2, 0.25) is 17.6 Å². The zero-order valence-electron chi connectivity index (χ0n) is 16.7. The van der Waals surface area contributed by atoms with E-state index in [4.69, 9.17) is 4.52 Å². The Morgan fingerprint density at radius 3 is 2.55 bits per heavy atom. The van der Waals surface area contributed by atoms with Crippen LogP contribution in [0.5, 0.6) is 0 Å². The summed E-state index contributed by atoms with van der Waals surface area (Å²) in [6.45, 7) is 4.25. The molecule has 0 aromatic carbocycles. The van der Waals surface area contributed by atoms with Crippen LogP contribution in [-0.2, 0) is 11.3 Å². The SMILES string of the molecule is Cc1cc(C)n(CC(=O)N2[C@@H]3CC[C@H]2CC(c2nc(-c4ccncc4)no2)C3)n1. The number of pyridine rings is 1. The summed E-state index contributed by atoms with van der Waals surface area (Å²) in [7, 11) is 0. The van der Waals surface area contributed by atoms with Crippen LogP contribution in [0.2, 0.25) is 0 Å². The molecule has 8 heteroatoms. The molecule has 2 saturated heterocycles. The lowest BCUT2D eigenvalue weighted by Gasteiger charge is -2.37. The Hall–Kier alpha value is -3.03. The van der Waals surface area contributed by atoms with E-state index >= 15 is 0 Å². The molecule has 0 N–H and O–H groups in total. The van der Waals surface area contributed by atoms with Gasteiger partial charge in [-0.15, -0.1) is 0 Å². The summed E-state index contributed by atoms with van der Waals surface area (Å²) in [6.07, 6.45) is 7.26. The highest BCUT2D eigenvalue weighted by atomic mass is 16.5. The van der Waals surface area contributed by atoms with Gasteiger partial charge >= 0.3 is 0 Å². The third-order valence-electron chi connectivity index (χ3n) is 6.14. The molecule has 5 heterocycles. The van der Waals surface area contributed by atoms with Crippen molar-refractivity contribution in [3.05, 3.63) is 47.9 Å². The van der Waals surface area contributed by atoms with Crippen molar-refractivity contribution in [1.29, 1.82) is 0 Å². The first-order valence-corrected chi connectivity index (χ1v) is 10.1. The van der Waals surface area contributed by atoms with Gasteiger partial charge in [-0.05, 0) is 57.7 Å². The first-order valence-electron chi connectivity index (χ1n) is 10.1. The number of rotatable bonds is 4. The summed E-state index contributed by atoms with van der Waals surface area (Å²) >= 11 is 0. The summed E-state index contributed by atoms with van der Waals surface area (Å²) in [4.78, 5) is 23.8. The Labute approximate surface area is 168 Å². The van der Waals surface area contributed by atoms with E-state index in [1.807, 2.05) is 36.7 Å². The minimum atomic E-state index is 0.158. The average Bonchev–Trinajstić information content (AvgIpc) is 3.39. The normalized spacial score (nSPS) is 23.5. The summed E-state index contributed by atoms with van der Waals surface area (Å²) in [5, 5.41) is 8.59. The van der Waals surface area contributed by atoms with Crippen LogP contribution in [0, 0.1) is 13.8 Å². The summed E-state index contributed by atoms with van der Waals surface area (Å²) in [6, 6.07) is 6.22. The average molecular weight is 392 g/mol. The molecule has 1 unspecified atom stereocenters. The van der Waals surface area contributed by atoms with Gasteiger partial charge in [0.25, 0.3) is 0 Å². The summed E-state index contributed by atoms with van der Waals surface area (Å²) in [5.41, 5.74) is 2.86. The second kappa shape index (κ2) is 7.09. The molecule has 2 aliphatic rings. The van der Waals surface area contributed by atoms with Crippen molar-refractivity contribution in [2.45, 2.75) is 64.1 Å². The predicted octanol–water partition coefficient (Wildman–Crippen LogP) is 2.88. The van der Waals surface area contributed by atoms with E-state index in [0.717, 1.165) is 42.6 Å². The monoisotopic (exact) mass is 392 g/mol. The van der Waals surface area contributed by atoms with Crippen molar-refractivity contribution in [2.24, 2.45) is 0 Å². The molecule has 3 aromatic heterocycles. The van der Waals surface area contributed by atoms with Crippen LogP contribution in [0.25, 0.3) is 11.4 Å². The number of carbonyl (C=O) groups is 1. The van der Waals surface area contributed by atoms with Gasteiger partial charge in [-0.2, -0.15) is 10.1 Å². The molecule has 3 atom stereocenters. The van der Waals surface area contributed by atoms with Crippen molar-refractivity contribution in [3.8, 4) is 11.4 Å². The second-order valence-electron chi connectivity index (χ2n) is 8.13. The fraction of sp³-hybridized carbons (Fsp3) is 0.476. The van der Waals surface area contributed by atoms with Crippen LogP contribution in [0.15, 0.2) is 35.1 Å². The molecule has 2 aliphatic heterocycles. The number of nitrogens with zero attached hydrogens (tertiary/aromatic N) is 6. The number of aryl methyl sites for hydroxylation is 2. The van der Waals surface area contributed by atoms with E-state index in [-0.39, 0.29) is 23.9 Å². The lowest BCUT2D eigenvalue weighted by molar-refractivity contribution is -0.136. The number of hydrogen-bond donors (Lipinski definition) is 0. The first kappa shape index (κ1) is 18.0. The number of amides is 1. The maximum atomic E-state index is 13.0. The Kier molecular flexibility index (Phi) is 4.41. The van der Waals surface area contributed by atoms with Crippen LogP contribution in [0.3, 0.4) is 0 Å². The quantitative estimate of drug-likeness (QED) is 0.678. The van der Waals surface area contributed by atoms with Crippen LogP contribution in [0.4, 0.5) is 0 Å². The second-order valence-corrected chi connectivity index (χ2v) is 8.13. The van der Waals surface area contributed by atoms with Gasteiger partial charge in [0.05, 0.1) is 5.69 Å². The van der Waals surface area contributed by atoms with E-state index in [0.29, 0.717) is 18.3 Å². The van der Waals surface area contributed by atoms with E-state index in [9.17, 15) is 4.79 Å². The molecule has 29 heavy (non-hydrogen) atoms. The fourth-order valence-electron chi connectivity index (χ4n) is 4.85. The van der Waals surface area contributed by atoms with Gasteiger partial charge in [0, 0.05) is 41.7 Å². The number of aromatic nitrogens is 5. The highest BCUT2D eigenvalue weighted by Crippen LogP contribution is 2.43. The lowest BCUT2D eigenvalue weighted by Crippen LogP contribution is -2.47. The molecule has 0 aliphatic carbocycles. The van der Waals surface area contributed by atoms with Crippen molar-refractivity contribution >= 4 is 5.91 Å². The van der Waals surface area contributed by atoms with Gasteiger partial charge < -0.3 is 9.42 Å². The number of piperidine rings is 1. The maximum absolute atomic E-state index is 13.0.